The number of carbonyl (C=O) groups excluding carboxylic acids is 1. The van der Waals surface area contributed by atoms with Crippen LogP contribution in [0.5, 0.6) is 5.75 Å². The van der Waals surface area contributed by atoms with Crippen LogP contribution in [0.3, 0.4) is 0 Å². The van der Waals surface area contributed by atoms with Gasteiger partial charge in [-0.3, -0.25) is 9.48 Å². The van der Waals surface area contributed by atoms with Crippen molar-refractivity contribution in [2.45, 2.75) is 32.4 Å². The molecule has 0 radical (unpaired) electrons. The van der Waals surface area contributed by atoms with Crippen molar-refractivity contribution >= 4 is 11.9 Å². The molecule has 0 saturated carbocycles. The lowest BCUT2D eigenvalue weighted by Crippen LogP contribution is -2.40. The highest BCUT2D eigenvalue weighted by Gasteiger charge is 2.33. The quantitative estimate of drug-likeness (QED) is 0.795. The van der Waals surface area contributed by atoms with Gasteiger partial charge in [0.2, 0.25) is 5.91 Å². The van der Waals surface area contributed by atoms with E-state index in [0.717, 1.165) is 29.8 Å². The smallest absolute Gasteiger partial charge is 0.356 e. The van der Waals surface area contributed by atoms with Crippen LogP contribution in [0.2, 0.25) is 0 Å². The highest BCUT2D eigenvalue weighted by molar-refractivity contribution is 5.88. The summed E-state index contributed by atoms with van der Waals surface area (Å²) in [5.41, 5.74) is 2.75. The van der Waals surface area contributed by atoms with E-state index in [9.17, 15) is 14.7 Å². The first-order valence-electron chi connectivity index (χ1n) is 9.88. The third-order valence-electron chi connectivity index (χ3n) is 5.70. The third-order valence-corrected chi connectivity index (χ3v) is 5.70. The maximum absolute atomic E-state index is 12.7. The number of amides is 1. The minimum atomic E-state index is -1.05. The number of hydrogen-bond acceptors (Lipinski definition) is 5. The maximum Gasteiger partial charge on any atom is 0.356 e. The Morgan fingerprint density at radius 1 is 1.31 bits per heavy atom. The number of aryl methyl sites for hydroxylation is 2. The van der Waals surface area contributed by atoms with Gasteiger partial charge >= 0.3 is 5.97 Å². The van der Waals surface area contributed by atoms with E-state index in [1.54, 1.807) is 16.7 Å². The molecule has 3 heterocycles. The van der Waals surface area contributed by atoms with Crippen molar-refractivity contribution in [1.82, 2.24) is 14.7 Å². The fourth-order valence-electron chi connectivity index (χ4n) is 4.05. The summed E-state index contributed by atoms with van der Waals surface area (Å²) in [5.74, 6) is -0.316. The molecule has 8 nitrogen and oxygen atoms in total. The highest BCUT2D eigenvalue weighted by Crippen LogP contribution is 2.26. The molecule has 1 aromatic heterocycles. The first-order valence-corrected chi connectivity index (χ1v) is 9.88. The van der Waals surface area contributed by atoms with Crippen LogP contribution in [0.1, 0.15) is 33.7 Å². The molecule has 2 aliphatic rings. The Labute approximate surface area is 169 Å². The van der Waals surface area contributed by atoms with Crippen LogP contribution < -0.4 is 4.74 Å². The number of carboxylic acids is 1. The van der Waals surface area contributed by atoms with E-state index in [0.29, 0.717) is 44.8 Å². The molecule has 154 valence electrons. The lowest BCUT2D eigenvalue weighted by atomic mass is 10.0. The van der Waals surface area contributed by atoms with Crippen molar-refractivity contribution in [2.75, 3.05) is 26.9 Å². The molecule has 0 unspecified atom stereocenters. The second kappa shape index (κ2) is 8.24. The summed E-state index contributed by atoms with van der Waals surface area (Å²) in [6, 6.07) is 7.81. The first-order chi connectivity index (χ1) is 14.1. The molecule has 1 N–H and O–H groups in total. The summed E-state index contributed by atoms with van der Waals surface area (Å²) >= 11 is 0. The summed E-state index contributed by atoms with van der Waals surface area (Å²) in [4.78, 5) is 26.2. The molecule has 1 fully saturated rings. The Morgan fingerprint density at radius 3 is 2.76 bits per heavy atom. The average Bonchev–Trinajstić information content (AvgIpc) is 3.40. The molecule has 1 amide bonds. The molecule has 0 bridgehead atoms. The van der Waals surface area contributed by atoms with Crippen LogP contribution in [0.4, 0.5) is 0 Å². The van der Waals surface area contributed by atoms with E-state index in [4.69, 9.17) is 9.47 Å². The number of benzene rings is 1. The zero-order chi connectivity index (χ0) is 20.4. The van der Waals surface area contributed by atoms with E-state index in [1.165, 1.54) is 0 Å². The molecule has 8 heteroatoms. The summed E-state index contributed by atoms with van der Waals surface area (Å²) in [7, 11) is 1.63. The van der Waals surface area contributed by atoms with Crippen molar-refractivity contribution in [3.63, 3.8) is 0 Å². The number of methoxy groups -OCH3 is 1. The maximum atomic E-state index is 12.7. The number of carboxylic acid groups (broad SMARTS) is 1. The van der Waals surface area contributed by atoms with Crippen LogP contribution in [0.25, 0.3) is 0 Å². The van der Waals surface area contributed by atoms with E-state index < -0.39 is 5.97 Å². The minimum absolute atomic E-state index is 0.0508. The number of aromatic carboxylic acids is 1. The van der Waals surface area contributed by atoms with Gasteiger partial charge in [0.15, 0.2) is 5.69 Å². The van der Waals surface area contributed by atoms with Crippen LogP contribution >= 0.6 is 0 Å². The van der Waals surface area contributed by atoms with Crippen LogP contribution in [0.15, 0.2) is 24.3 Å². The van der Waals surface area contributed by atoms with Crippen LogP contribution in [-0.4, -0.2) is 58.5 Å². The lowest BCUT2D eigenvalue weighted by molar-refractivity contribution is -0.136. The van der Waals surface area contributed by atoms with Crippen molar-refractivity contribution < 1.29 is 24.2 Å². The predicted molar refractivity (Wildman–Crippen MR) is 104 cm³/mol. The molecular weight excluding hydrogens is 374 g/mol. The largest absolute Gasteiger partial charge is 0.497 e. The van der Waals surface area contributed by atoms with Gasteiger partial charge in [-0.2, -0.15) is 5.10 Å². The van der Waals surface area contributed by atoms with Gasteiger partial charge in [-0.1, -0.05) is 12.1 Å². The third kappa shape index (κ3) is 3.98. The van der Waals surface area contributed by atoms with Crippen LogP contribution in [0, 0.1) is 5.92 Å². The Kier molecular flexibility index (Phi) is 5.53. The van der Waals surface area contributed by atoms with Crippen molar-refractivity contribution in [1.29, 1.82) is 0 Å². The molecule has 0 spiro atoms. The second-order valence-electron chi connectivity index (χ2n) is 7.47. The fourth-order valence-corrected chi connectivity index (χ4v) is 4.05. The van der Waals surface area contributed by atoms with Crippen molar-refractivity contribution in [3.8, 4) is 5.75 Å². The number of aromatic nitrogens is 2. The fraction of sp³-hybridized carbons (Fsp3) is 0.476. The highest BCUT2D eigenvalue weighted by atomic mass is 16.5. The second-order valence-corrected chi connectivity index (χ2v) is 7.47. The Balaban J connectivity index is 1.51. The Hall–Kier alpha value is -2.87. The van der Waals surface area contributed by atoms with Crippen molar-refractivity contribution in [3.05, 3.63) is 46.8 Å². The summed E-state index contributed by atoms with van der Waals surface area (Å²) in [6.45, 7) is 2.53. The SMILES string of the molecule is COc1ccc(CCn2nc(C(=O)O)c3c2CCN(C(=O)[C@@H]2CCOC2)C3)cc1. The number of rotatable bonds is 6. The van der Waals surface area contributed by atoms with Gasteiger partial charge in [0, 0.05) is 43.9 Å². The summed E-state index contributed by atoms with van der Waals surface area (Å²) in [6.07, 6.45) is 2.08. The normalized spacial score (nSPS) is 18.5. The van der Waals surface area contributed by atoms with Gasteiger partial charge in [0.25, 0.3) is 0 Å². The van der Waals surface area contributed by atoms with Gasteiger partial charge in [-0.05, 0) is 30.5 Å². The molecule has 0 aliphatic carbocycles. The molecular formula is C21H25N3O5. The minimum Gasteiger partial charge on any atom is -0.497 e. The zero-order valence-corrected chi connectivity index (χ0v) is 16.5. The number of fused-ring (bicyclic) bond motifs is 1. The van der Waals surface area contributed by atoms with E-state index in [-0.39, 0.29) is 17.5 Å². The van der Waals surface area contributed by atoms with Gasteiger partial charge in [-0.25, -0.2) is 4.79 Å². The lowest BCUT2D eigenvalue weighted by Gasteiger charge is -2.29. The number of nitrogens with zero attached hydrogens (tertiary/aromatic N) is 3. The Bertz CT molecular complexity index is 900. The van der Waals surface area contributed by atoms with E-state index in [2.05, 4.69) is 5.10 Å². The number of carbonyl (C=O) groups is 2. The van der Waals surface area contributed by atoms with Gasteiger partial charge in [0.1, 0.15) is 5.75 Å². The Morgan fingerprint density at radius 2 is 2.10 bits per heavy atom. The molecule has 29 heavy (non-hydrogen) atoms. The topological polar surface area (TPSA) is 93.9 Å². The molecule has 1 atom stereocenters. The number of ether oxygens (including phenoxy) is 2. The molecule has 2 aromatic rings. The number of hydrogen-bond donors (Lipinski definition) is 1. The van der Waals surface area contributed by atoms with Gasteiger partial charge in [-0.15, -0.1) is 0 Å². The monoisotopic (exact) mass is 399 g/mol. The summed E-state index contributed by atoms with van der Waals surface area (Å²) in [5, 5.41) is 14.0. The summed E-state index contributed by atoms with van der Waals surface area (Å²) < 4.78 is 12.3. The first kappa shape index (κ1) is 19.4. The standard InChI is InChI=1S/C21H25N3O5/c1-28-16-4-2-14(3-5-16)6-10-24-18-7-9-23(20(25)15-8-11-29-13-15)12-17(18)19(22-24)21(26)27/h2-5,15H,6-13H2,1H3,(H,26,27)/t15-/m1/s1. The zero-order valence-electron chi connectivity index (χ0n) is 16.5. The van der Waals surface area contributed by atoms with E-state index >= 15 is 0 Å². The van der Waals surface area contributed by atoms with Gasteiger partial charge < -0.3 is 19.5 Å². The predicted octanol–water partition coefficient (Wildman–Crippen LogP) is 1.75. The molecule has 4 rings (SSSR count). The molecule has 1 aromatic carbocycles. The van der Waals surface area contributed by atoms with Crippen molar-refractivity contribution in [2.24, 2.45) is 5.92 Å². The van der Waals surface area contributed by atoms with E-state index in [1.807, 2.05) is 24.3 Å². The van der Waals surface area contributed by atoms with Gasteiger partial charge in [0.05, 0.1) is 19.6 Å². The average molecular weight is 399 g/mol. The molecule has 2 aliphatic heterocycles. The molecule has 1 saturated heterocycles. The van der Waals surface area contributed by atoms with Crippen LogP contribution in [-0.2, 0) is 35.5 Å².